The number of hydrogen-bond acceptors (Lipinski definition) is 8. The summed E-state index contributed by atoms with van der Waals surface area (Å²) in [5.41, 5.74) is 2.18. The van der Waals surface area contributed by atoms with Crippen LogP contribution in [0.2, 0.25) is 0 Å². The van der Waals surface area contributed by atoms with Gasteiger partial charge in [-0.05, 0) is 56.6 Å². The van der Waals surface area contributed by atoms with E-state index < -0.39 is 0 Å². The molecular formula is C25H33N5O3S. The van der Waals surface area contributed by atoms with Gasteiger partial charge in [-0.25, -0.2) is 0 Å². The quantitative estimate of drug-likeness (QED) is 0.355. The van der Waals surface area contributed by atoms with Crippen molar-refractivity contribution in [2.75, 3.05) is 27.4 Å². The number of rotatable bonds is 12. The highest BCUT2D eigenvalue weighted by Gasteiger charge is 2.22. The molecule has 0 saturated carbocycles. The Hall–Kier alpha value is -2.62. The number of thioether (sulfide) groups is 1. The molecule has 182 valence electrons. The highest BCUT2D eigenvalue weighted by atomic mass is 32.2. The molecule has 34 heavy (non-hydrogen) atoms. The summed E-state index contributed by atoms with van der Waals surface area (Å²) in [4.78, 5) is 6.67. The van der Waals surface area contributed by atoms with Crippen molar-refractivity contribution in [2.45, 2.75) is 56.4 Å². The monoisotopic (exact) mass is 483 g/mol. The van der Waals surface area contributed by atoms with Gasteiger partial charge in [-0.3, -0.25) is 9.88 Å². The molecule has 1 aromatic carbocycles. The average molecular weight is 484 g/mol. The molecule has 1 aliphatic rings. The first-order valence-corrected chi connectivity index (χ1v) is 12.7. The SMILES string of the molecule is CCOc1cc(CN(C)Cc2nnc(SCc3ccccn3)n2C[C@@H]2CCCO2)ccc1OC. The van der Waals surface area contributed by atoms with Gasteiger partial charge in [0.2, 0.25) is 0 Å². The number of aromatic nitrogens is 4. The van der Waals surface area contributed by atoms with Gasteiger partial charge in [0.1, 0.15) is 5.82 Å². The van der Waals surface area contributed by atoms with E-state index in [0.29, 0.717) is 13.2 Å². The number of benzene rings is 1. The fourth-order valence-corrected chi connectivity index (χ4v) is 4.92. The number of ether oxygens (including phenoxy) is 3. The van der Waals surface area contributed by atoms with Crippen molar-refractivity contribution in [1.29, 1.82) is 0 Å². The lowest BCUT2D eigenvalue weighted by Crippen LogP contribution is -2.23. The van der Waals surface area contributed by atoms with Crippen LogP contribution in [0.25, 0.3) is 0 Å². The minimum Gasteiger partial charge on any atom is -0.493 e. The normalized spacial score (nSPS) is 15.7. The second-order valence-electron chi connectivity index (χ2n) is 8.34. The lowest BCUT2D eigenvalue weighted by Gasteiger charge is -2.20. The summed E-state index contributed by atoms with van der Waals surface area (Å²) in [7, 11) is 3.75. The number of hydrogen-bond donors (Lipinski definition) is 0. The molecule has 1 fully saturated rings. The van der Waals surface area contributed by atoms with Crippen molar-refractivity contribution in [3.05, 3.63) is 59.7 Å². The topological polar surface area (TPSA) is 74.5 Å². The molecule has 0 radical (unpaired) electrons. The molecular weight excluding hydrogens is 450 g/mol. The molecule has 0 N–H and O–H groups in total. The zero-order valence-corrected chi connectivity index (χ0v) is 21.0. The molecule has 0 aliphatic carbocycles. The van der Waals surface area contributed by atoms with E-state index >= 15 is 0 Å². The van der Waals surface area contributed by atoms with E-state index in [-0.39, 0.29) is 6.10 Å². The molecule has 9 heteroatoms. The minimum atomic E-state index is 0.213. The van der Waals surface area contributed by atoms with Crippen molar-refractivity contribution in [1.82, 2.24) is 24.6 Å². The molecule has 1 saturated heterocycles. The molecule has 1 atom stereocenters. The molecule has 0 bridgehead atoms. The number of methoxy groups -OCH3 is 1. The maximum Gasteiger partial charge on any atom is 0.191 e. The standard InChI is InChI=1S/C25H33N5O3S/c1-4-32-23-14-19(10-11-22(23)31-3)15-29(2)17-24-27-28-25(30(24)16-21-9-7-13-33-21)34-18-20-8-5-6-12-26-20/h5-6,8,10-12,14,21H,4,7,9,13,15-18H2,1-3H3/t21-/m0/s1. The van der Waals surface area contributed by atoms with E-state index in [1.165, 1.54) is 0 Å². The van der Waals surface area contributed by atoms with E-state index in [9.17, 15) is 0 Å². The van der Waals surface area contributed by atoms with Gasteiger partial charge in [0, 0.05) is 25.1 Å². The lowest BCUT2D eigenvalue weighted by molar-refractivity contribution is 0.0934. The Bertz CT molecular complexity index is 1040. The van der Waals surface area contributed by atoms with Crippen LogP contribution in [0, 0.1) is 0 Å². The Morgan fingerprint density at radius 1 is 1.18 bits per heavy atom. The first kappa shape index (κ1) is 24.5. The summed E-state index contributed by atoms with van der Waals surface area (Å²) < 4.78 is 19.3. The Morgan fingerprint density at radius 3 is 2.82 bits per heavy atom. The van der Waals surface area contributed by atoms with Crippen molar-refractivity contribution >= 4 is 11.8 Å². The second kappa shape index (κ2) is 12.2. The van der Waals surface area contributed by atoms with E-state index in [4.69, 9.17) is 14.2 Å². The van der Waals surface area contributed by atoms with Gasteiger partial charge in [-0.2, -0.15) is 0 Å². The lowest BCUT2D eigenvalue weighted by atomic mass is 10.2. The van der Waals surface area contributed by atoms with Crippen molar-refractivity contribution < 1.29 is 14.2 Å². The van der Waals surface area contributed by atoms with Crippen LogP contribution in [-0.4, -0.2) is 58.1 Å². The van der Waals surface area contributed by atoms with E-state index in [0.717, 1.165) is 72.0 Å². The van der Waals surface area contributed by atoms with Crippen LogP contribution < -0.4 is 9.47 Å². The zero-order chi connectivity index (χ0) is 23.8. The first-order valence-electron chi connectivity index (χ1n) is 11.7. The fourth-order valence-electron chi connectivity index (χ4n) is 4.04. The predicted molar refractivity (Wildman–Crippen MR) is 132 cm³/mol. The maximum atomic E-state index is 5.92. The minimum absolute atomic E-state index is 0.213. The van der Waals surface area contributed by atoms with Crippen LogP contribution in [0.1, 0.15) is 36.8 Å². The van der Waals surface area contributed by atoms with E-state index in [2.05, 4.69) is 37.8 Å². The first-order chi connectivity index (χ1) is 16.7. The van der Waals surface area contributed by atoms with Crippen molar-refractivity contribution in [2.24, 2.45) is 0 Å². The average Bonchev–Trinajstić information content (AvgIpc) is 3.49. The van der Waals surface area contributed by atoms with Crippen molar-refractivity contribution in [3.8, 4) is 11.5 Å². The molecule has 4 rings (SSSR count). The van der Waals surface area contributed by atoms with Gasteiger partial charge in [0.25, 0.3) is 0 Å². The summed E-state index contributed by atoms with van der Waals surface area (Å²) in [6, 6.07) is 12.1. The Balaban J connectivity index is 1.46. The predicted octanol–water partition coefficient (Wildman–Crippen LogP) is 4.18. The highest BCUT2D eigenvalue weighted by molar-refractivity contribution is 7.98. The molecule has 2 aromatic heterocycles. The Kier molecular flexibility index (Phi) is 8.79. The van der Waals surface area contributed by atoms with Gasteiger partial charge < -0.3 is 18.8 Å². The third-order valence-corrected chi connectivity index (χ3v) is 6.67. The summed E-state index contributed by atoms with van der Waals surface area (Å²) in [5, 5.41) is 9.99. The van der Waals surface area contributed by atoms with Crippen LogP contribution in [0.15, 0.2) is 47.8 Å². The summed E-state index contributed by atoms with van der Waals surface area (Å²) in [6.45, 7) is 5.62. The van der Waals surface area contributed by atoms with Crippen LogP contribution in [0.5, 0.6) is 11.5 Å². The van der Waals surface area contributed by atoms with Crippen LogP contribution in [0.3, 0.4) is 0 Å². The zero-order valence-electron chi connectivity index (χ0n) is 20.1. The molecule has 0 amide bonds. The molecule has 3 aromatic rings. The van der Waals surface area contributed by atoms with Gasteiger partial charge in [0.15, 0.2) is 16.7 Å². The second-order valence-corrected chi connectivity index (χ2v) is 9.29. The number of pyridine rings is 1. The maximum absolute atomic E-state index is 5.92. The van der Waals surface area contributed by atoms with E-state index in [1.807, 2.05) is 43.5 Å². The van der Waals surface area contributed by atoms with Gasteiger partial charge in [0.05, 0.1) is 38.6 Å². The Labute approximate surface area is 205 Å². The van der Waals surface area contributed by atoms with Gasteiger partial charge in [-0.15, -0.1) is 10.2 Å². The fraction of sp³-hybridized carbons (Fsp3) is 0.480. The molecule has 0 spiro atoms. The summed E-state index contributed by atoms with van der Waals surface area (Å²) in [6.07, 6.45) is 4.22. The van der Waals surface area contributed by atoms with Crippen molar-refractivity contribution in [3.63, 3.8) is 0 Å². The van der Waals surface area contributed by atoms with Crippen LogP contribution in [0.4, 0.5) is 0 Å². The molecule has 3 heterocycles. The molecule has 0 unspecified atom stereocenters. The third kappa shape index (κ3) is 6.49. The third-order valence-electron chi connectivity index (χ3n) is 5.67. The smallest absolute Gasteiger partial charge is 0.191 e. The summed E-state index contributed by atoms with van der Waals surface area (Å²) in [5.74, 6) is 3.22. The highest BCUT2D eigenvalue weighted by Crippen LogP contribution is 2.29. The Morgan fingerprint density at radius 2 is 2.09 bits per heavy atom. The van der Waals surface area contributed by atoms with Crippen LogP contribution >= 0.6 is 11.8 Å². The van der Waals surface area contributed by atoms with E-state index in [1.54, 1.807) is 18.9 Å². The van der Waals surface area contributed by atoms with Gasteiger partial charge >= 0.3 is 0 Å². The number of nitrogens with zero attached hydrogens (tertiary/aromatic N) is 5. The van der Waals surface area contributed by atoms with Crippen LogP contribution in [-0.2, 0) is 30.1 Å². The van der Waals surface area contributed by atoms with Gasteiger partial charge in [-0.1, -0.05) is 23.9 Å². The summed E-state index contributed by atoms with van der Waals surface area (Å²) >= 11 is 1.67. The largest absolute Gasteiger partial charge is 0.493 e. The molecule has 8 nitrogen and oxygen atoms in total. The molecule has 1 aliphatic heterocycles.